The van der Waals surface area contributed by atoms with Gasteiger partial charge >= 0.3 is 6.03 Å². The maximum absolute atomic E-state index is 11.8. The number of urea groups is 1. The minimum Gasteiger partial charge on any atom is -0.492 e. The highest BCUT2D eigenvalue weighted by atomic mass is 16.5. The Balaban J connectivity index is 1.74. The van der Waals surface area contributed by atoms with Gasteiger partial charge in [-0.15, -0.1) is 5.10 Å². The summed E-state index contributed by atoms with van der Waals surface area (Å²) in [5, 5.41) is 13.1. The number of nitrogens with zero attached hydrogens (tertiary/aromatic N) is 3. The lowest BCUT2D eigenvalue weighted by Crippen LogP contribution is -2.30. The first-order valence-electron chi connectivity index (χ1n) is 6.90. The van der Waals surface area contributed by atoms with Gasteiger partial charge in [0.15, 0.2) is 0 Å². The molecular formula is C14H19N5O2. The van der Waals surface area contributed by atoms with Crippen molar-refractivity contribution in [2.45, 2.75) is 19.9 Å². The van der Waals surface area contributed by atoms with Gasteiger partial charge in [0.25, 0.3) is 0 Å². The fourth-order valence-corrected chi connectivity index (χ4v) is 1.81. The number of anilines is 1. The first-order chi connectivity index (χ1) is 10.3. The summed E-state index contributed by atoms with van der Waals surface area (Å²) in [4.78, 5) is 11.8. The van der Waals surface area contributed by atoms with Crippen molar-refractivity contribution in [2.75, 3.05) is 18.5 Å². The molecule has 2 aromatic rings. The Labute approximate surface area is 123 Å². The maximum Gasteiger partial charge on any atom is 0.319 e. The lowest BCUT2D eigenvalue weighted by Gasteiger charge is -2.12. The molecule has 0 bridgehead atoms. The molecule has 7 nitrogen and oxygen atoms in total. The number of para-hydroxylation sites is 2. The molecule has 2 N–H and O–H groups in total. The molecule has 112 valence electrons. The average Bonchev–Trinajstić information content (AvgIpc) is 2.99. The fraction of sp³-hybridized carbons (Fsp3) is 0.357. The van der Waals surface area contributed by atoms with E-state index in [-0.39, 0.29) is 6.03 Å². The normalized spacial score (nSPS) is 10.1. The SMILES string of the molecule is CCOc1ccccc1NC(=O)NCCCn1ccnn1. The molecule has 1 aromatic heterocycles. The Morgan fingerprint density at radius 3 is 3.00 bits per heavy atom. The van der Waals surface area contributed by atoms with Crippen LogP contribution in [-0.4, -0.2) is 34.2 Å². The lowest BCUT2D eigenvalue weighted by molar-refractivity contribution is 0.251. The summed E-state index contributed by atoms with van der Waals surface area (Å²) < 4.78 is 7.18. The molecule has 0 saturated carbocycles. The molecule has 0 aliphatic heterocycles. The molecule has 7 heteroatoms. The third-order valence-electron chi connectivity index (χ3n) is 2.76. The van der Waals surface area contributed by atoms with E-state index in [0.29, 0.717) is 24.6 Å². The summed E-state index contributed by atoms with van der Waals surface area (Å²) >= 11 is 0. The molecular weight excluding hydrogens is 270 g/mol. The summed E-state index contributed by atoms with van der Waals surface area (Å²) in [5.74, 6) is 0.665. The zero-order chi connectivity index (χ0) is 14.9. The van der Waals surface area contributed by atoms with Crippen LogP contribution in [0.15, 0.2) is 36.7 Å². The molecule has 0 spiro atoms. The zero-order valence-corrected chi connectivity index (χ0v) is 12.0. The van der Waals surface area contributed by atoms with E-state index in [1.165, 1.54) is 0 Å². The summed E-state index contributed by atoms with van der Waals surface area (Å²) in [6.07, 6.45) is 4.20. The Kier molecular flexibility index (Phi) is 5.57. The predicted molar refractivity (Wildman–Crippen MR) is 79.3 cm³/mol. The summed E-state index contributed by atoms with van der Waals surface area (Å²) in [6.45, 7) is 3.73. The Morgan fingerprint density at radius 1 is 1.38 bits per heavy atom. The van der Waals surface area contributed by atoms with Crippen LogP contribution >= 0.6 is 0 Å². The molecule has 0 radical (unpaired) electrons. The molecule has 1 aromatic carbocycles. The highest BCUT2D eigenvalue weighted by Gasteiger charge is 2.06. The number of carbonyl (C=O) groups excluding carboxylic acids is 1. The number of amides is 2. The lowest BCUT2D eigenvalue weighted by atomic mass is 10.3. The van der Waals surface area contributed by atoms with Crippen molar-refractivity contribution >= 4 is 11.7 Å². The average molecular weight is 289 g/mol. The van der Waals surface area contributed by atoms with E-state index in [0.717, 1.165) is 13.0 Å². The third kappa shape index (κ3) is 4.79. The van der Waals surface area contributed by atoms with Gasteiger partial charge in [-0.2, -0.15) is 0 Å². The fourth-order valence-electron chi connectivity index (χ4n) is 1.81. The molecule has 0 saturated heterocycles. The first kappa shape index (κ1) is 14.8. The maximum atomic E-state index is 11.8. The van der Waals surface area contributed by atoms with Gasteiger partial charge in [-0.1, -0.05) is 17.3 Å². The van der Waals surface area contributed by atoms with E-state index in [2.05, 4.69) is 20.9 Å². The monoisotopic (exact) mass is 289 g/mol. The number of ether oxygens (including phenoxy) is 1. The minimum absolute atomic E-state index is 0.249. The van der Waals surface area contributed by atoms with Crippen molar-refractivity contribution in [2.24, 2.45) is 0 Å². The summed E-state index contributed by atoms with van der Waals surface area (Å²) in [5.41, 5.74) is 0.660. The molecule has 0 fully saturated rings. The van der Waals surface area contributed by atoms with Gasteiger partial charge < -0.3 is 15.4 Å². The molecule has 21 heavy (non-hydrogen) atoms. The van der Waals surface area contributed by atoms with Gasteiger partial charge in [-0.25, -0.2) is 4.79 Å². The Bertz CT molecular complexity index is 556. The third-order valence-corrected chi connectivity index (χ3v) is 2.76. The van der Waals surface area contributed by atoms with E-state index in [1.54, 1.807) is 23.1 Å². The zero-order valence-electron chi connectivity index (χ0n) is 12.0. The molecule has 0 aliphatic carbocycles. The first-order valence-corrected chi connectivity index (χ1v) is 6.90. The van der Waals surface area contributed by atoms with Crippen molar-refractivity contribution in [3.63, 3.8) is 0 Å². The second kappa shape index (κ2) is 7.88. The Hall–Kier alpha value is -2.57. The number of benzene rings is 1. The van der Waals surface area contributed by atoms with Crippen LogP contribution in [0, 0.1) is 0 Å². The standard InChI is InChI=1S/C14H19N5O2/c1-2-21-13-7-4-3-6-12(13)17-14(20)15-8-5-10-19-11-9-16-18-19/h3-4,6-7,9,11H,2,5,8,10H2,1H3,(H2,15,17,20). The molecule has 0 atom stereocenters. The van der Waals surface area contributed by atoms with Gasteiger partial charge in [0.05, 0.1) is 18.5 Å². The Morgan fingerprint density at radius 2 is 2.24 bits per heavy atom. The number of carbonyl (C=O) groups is 1. The molecule has 1 heterocycles. The second-order valence-corrected chi connectivity index (χ2v) is 4.33. The minimum atomic E-state index is -0.249. The van der Waals surface area contributed by atoms with Crippen molar-refractivity contribution in [1.29, 1.82) is 0 Å². The topological polar surface area (TPSA) is 81.1 Å². The van der Waals surface area contributed by atoms with E-state index >= 15 is 0 Å². The molecule has 0 aliphatic rings. The smallest absolute Gasteiger partial charge is 0.319 e. The van der Waals surface area contributed by atoms with Crippen LogP contribution in [0.5, 0.6) is 5.75 Å². The molecule has 2 rings (SSSR count). The number of rotatable bonds is 7. The van der Waals surface area contributed by atoms with Crippen molar-refractivity contribution in [3.05, 3.63) is 36.7 Å². The van der Waals surface area contributed by atoms with Crippen LogP contribution in [0.3, 0.4) is 0 Å². The molecule has 0 unspecified atom stereocenters. The quantitative estimate of drug-likeness (QED) is 0.763. The number of hydrogen-bond donors (Lipinski definition) is 2. The van der Waals surface area contributed by atoms with Crippen LogP contribution in [0.2, 0.25) is 0 Å². The van der Waals surface area contributed by atoms with Crippen LogP contribution in [-0.2, 0) is 6.54 Å². The number of hydrogen-bond acceptors (Lipinski definition) is 4. The van der Waals surface area contributed by atoms with E-state index in [9.17, 15) is 4.79 Å². The predicted octanol–water partition coefficient (Wildman–Crippen LogP) is 1.89. The van der Waals surface area contributed by atoms with E-state index in [4.69, 9.17) is 4.74 Å². The van der Waals surface area contributed by atoms with Gasteiger partial charge in [0.2, 0.25) is 0 Å². The van der Waals surface area contributed by atoms with Crippen molar-refractivity contribution in [1.82, 2.24) is 20.3 Å². The van der Waals surface area contributed by atoms with Gasteiger partial charge in [0, 0.05) is 19.3 Å². The van der Waals surface area contributed by atoms with Crippen LogP contribution in [0.1, 0.15) is 13.3 Å². The van der Waals surface area contributed by atoms with Gasteiger partial charge in [0.1, 0.15) is 5.75 Å². The second-order valence-electron chi connectivity index (χ2n) is 4.33. The highest BCUT2D eigenvalue weighted by Crippen LogP contribution is 2.23. The number of aromatic nitrogens is 3. The summed E-state index contributed by atoms with van der Waals surface area (Å²) in [6, 6.07) is 7.10. The van der Waals surface area contributed by atoms with Crippen LogP contribution in [0.4, 0.5) is 10.5 Å². The van der Waals surface area contributed by atoms with Crippen molar-refractivity contribution < 1.29 is 9.53 Å². The number of nitrogens with one attached hydrogen (secondary N) is 2. The molecule has 2 amide bonds. The van der Waals surface area contributed by atoms with E-state index in [1.807, 2.05) is 25.1 Å². The highest BCUT2D eigenvalue weighted by molar-refractivity contribution is 5.90. The van der Waals surface area contributed by atoms with Crippen LogP contribution in [0.25, 0.3) is 0 Å². The van der Waals surface area contributed by atoms with Gasteiger partial charge in [-0.05, 0) is 25.5 Å². The largest absolute Gasteiger partial charge is 0.492 e. The van der Waals surface area contributed by atoms with Crippen molar-refractivity contribution in [3.8, 4) is 5.75 Å². The van der Waals surface area contributed by atoms with Gasteiger partial charge in [-0.3, -0.25) is 4.68 Å². The van der Waals surface area contributed by atoms with E-state index < -0.39 is 0 Å². The summed E-state index contributed by atoms with van der Waals surface area (Å²) in [7, 11) is 0. The van der Waals surface area contributed by atoms with Crippen LogP contribution < -0.4 is 15.4 Å². The number of aryl methyl sites for hydroxylation is 1.